The van der Waals surface area contributed by atoms with Crippen molar-refractivity contribution in [1.29, 1.82) is 0 Å². The summed E-state index contributed by atoms with van der Waals surface area (Å²) in [6, 6.07) is 5.12. The van der Waals surface area contributed by atoms with Crippen molar-refractivity contribution in [2.45, 2.75) is 18.1 Å². The van der Waals surface area contributed by atoms with Gasteiger partial charge in [-0.15, -0.1) is 16.6 Å². The molecule has 0 unspecified atom stereocenters. The number of ether oxygens (including phenoxy) is 1. The average Bonchev–Trinajstić information content (AvgIpc) is 2.91. The molecule has 0 saturated heterocycles. The molecule has 110 valence electrons. The highest BCUT2D eigenvalue weighted by Crippen LogP contribution is 2.27. The first kappa shape index (κ1) is 16.0. The van der Waals surface area contributed by atoms with Gasteiger partial charge in [-0.05, 0) is 24.6 Å². The lowest BCUT2D eigenvalue weighted by atomic mass is 10.3. The van der Waals surface area contributed by atoms with E-state index < -0.39 is 0 Å². The predicted molar refractivity (Wildman–Crippen MR) is 84.1 cm³/mol. The van der Waals surface area contributed by atoms with E-state index in [2.05, 4.69) is 16.1 Å². The van der Waals surface area contributed by atoms with Crippen LogP contribution in [0.4, 0.5) is 0 Å². The Balaban J connectivity index is 1.74. The van der Waals surface area contributed by atoms with Gasteiger partial charge in [-0.3, -0.25) is 0 Å². The highest BCUT2D eigenvalue weighted by molar-refractivity contribution is 7.99. The van der Waals surface area contributed by atoms with Gasteiger partial charge in [0.25, 0.3) is 5.22 Å². The van der Waals surface area contributed by atoms with Crippen molar-refractivity contribution in [3.8, 4) is 18.1 Å². The average molecular weight is 343 g/mol. The van der Waals surface area contributed by atoms with Gasteiger partial charge < -0.3 is 9.15 Å². The normalized spacial score (nSPS) is 10.3. The number of aryl methyl sites for hydroxylation is 1. The van der Waals surface area contributed by atoms with Gasteiger partial charge in [0.05, 0.1) is 17.4 Å². The first-order valence-electron chi connectivity index (χ1n) is 6.15. The summed E-state index contributed by atoms with van der Waals surface area (Å²) in [4.78, 5) is 0. The molecule has 0 saturated carbocycles. The molecule has 0 aliphatic carbocycles. The van der Waals surface area contributed by atoms with Crippen LogP contribution in [0.25, 0.3) is 0 Å². The zero-order chi connectivity index (χ0) is 15.1. The summed E-state index contributed by atoms with van der Waals surface area (Å²) in [5.41, 5.74) is 0. The molecule has 21 heavy (non-hydrogen) atoms. The second-order valence-electron chi connectivity index (χ2n) is 3.98. The van der Waals surface area contributed by atoms with E-state index in [0.29, 0.717) is 45.7 Å². The van der Waals surface area contributed by atoms with Crippen LogP contribution in [0, 0.1) is 12.3 Å². The summed E-state index contributed by atoms with van der Waals surface area (Å²) in [7, 11) is 0. The lowest BCUT2D eigenvalue weighted by Gasteiger charge is -2.07. The van der Waals surface area contributed by atoms with Gasteiger partial charge in [0.15, 0.2) is 0 Å². The quantitative estimate of drug-likeness (QED) is 0.430. The molecule has 1 aromatic heterocycles. The number of nitrogens with zero attached hydrogens (tertiary/aromatic N) is 2. The number of hydrogen-bond donors (Lipinski definition) is 0. The Bertz CT molecular complexity index is 640. The number of hydrogen-bond acceptors (Lipinski definition) is 5. The SMILES string of the molecule is C#CCSc1nnc(CCCOc2ccc(Cl)cc2Cl)o1. The summed E-state index contributed by atoms with van der Waals surface area (Å²) in [5.74, 6) is 4.19. The molecule has 4 nitrogen and oxygen atoms in total. The number of benzene rings is 1. The minimum atomic E-state index is 0.490. The molecular weight excluding hydrogens is 331 g/mol. The summed E-state index contributed by atoms with van der Waals surface area (Å²) in [6.07, 6.45) is 6.53. The highest BCUT2D eigenvalue weighted by Gasteiger charge is 2.07. The second kappa shape index (κ2) is 8.18. The molecule has 0 radical (unpaired) electrons. The molecule has 0 spiro atoms. The van der Waals surface area contributed by atoms with Crippen molar-refractivity contribution in [2.24, 2.45) is 0 Å². The van der Waals surface area contributed by atoms with E-state index in [1.807, 2.05) is 0 Å². The number of terminal acetylenes is 1. The maximum absolute atomic E-state index is 6.01. The number of aromatic nitrogens is 2. The fourth-order valence-corrected chi connectivity index (χ4v) is 2.42. The van der Waals surface area contributed by atoms with Gasteiger partial charge in [-0.25, -0.2) is 0 Å². The van der Waals surface area contributed by atoms with Crippen LogP contribution in [-0.4, -0.2) is 22.6 Å². The molecule has 7 heteroatoms. The molecule has 0 aliphatic heterocycles. The van der Waals surface area contributed by atoms with Crippen LogP contribution in [0.3, 0.4) is 0 Å². The van der Waals surface area contributed by atoms with E-state index in [4.69, 9.17) is 38.8 Å². The summed E-state index contributed by atoms with van der Waals surface area (Å²) < 4.78 is 11.0. The Morgan fingerprint density at radius 1 is 1.33 bits per heavy atom. The maximum Gasteiger partial charge on any atom is 0.277 e. The van der Waals surface area contributed by atoms with Gasteiger partial charge in [-0.1, -0.05) is 40.9 Å². The zero-order valence-electron chi connectivity index (χ0n) is 11.0. The third-order valence-corrected chi connectivity index (χ3v) is 3.67. The largest absolute Gasteiger partial charge is 0.492 e. The lowest BCUT2D eigenvalue weighted by molar-refractivity contribution is 0.302. The smallest absolute Gasteiger partial charge is 0.277 e. The first-order valence-corrected chi connectivity index (χ1v) is 7.89. The minimum absolute atomic E-state index is 0.490. The summed E-state index contributed by atoms with van der Waals surface area (Å²) >= 11 is 13.2. The third-order valence-electron chi connectivity index (χ3n) is 2.41. The molecule has 0 atom stereocenters. The van der Waals surface area contributed by atoms with Crippen LogP contribution >= 0.6 is 35.0 Å². The van der Waals surface area contributed by atoms with Gasteiger partial charge in [0, 0.05) is 11.4 Å². The molecule has 0 N–H and O–H groups in total. The third kappa shape index (κ3) is 5.16. The van der Waals surface area contributed by atoms with Gasteiger partial charge in [0.2, 0.25) is 5.89 Å². The summed E-state index contributed by atoms with van der Waals surface area (Å²) in [6.45, 7) is 0.497. The Hall–Kier alpha value is -1.35. The minimum Gasteiger partial charge on any atom is -0.492 e. The van der Waals surface area contributed by atoms with E-state index in [9.17, 15) is 0 Å². The Kier molecular flexibility index (Phi) is 6.24. The standard InChI is InChI=1S/C14H12Cl2N2O2S/c1-2-8-21-14-18-17-13(20-14)4-3-7-19-12-6-5-10(15)9-11(12)16/h1,5-6,9H,3-4,7-8H2. The van der Waals surface area contributed by atoms with Crippen molar-refractivity contribution in [1.82, 2.24) is 10.2 Å². The molecule has 1 heterocycles. The molecule has 0 aliphatic rings. The van der Waals surface area contributed by atoms with Crippen molar-refractivity contribution < 1.29 is 9.15 Å². The van der Waals surface area contributed by atoms with Crippen LogP contribution in [0.1, 0.15) is 12.3 Å². The zero-order valence-corrected chi connectivity index (χ0v) is 13.3. The van der Waals surface area contributed by atoms with Crippen LogP contribution in [0.2, 0.25) is 10.0 Å². The molecular formula is C14H12Cl2N2O2S. The van der Waals surface area contributed by atoms with E-state index in [1.165, 1.54) is 11.8 Å². The van der Waals surface area contributed by atoms with Crippen molar-refractivity contribution in [2.75, 3.05) is 12.4 Å². The van der Waals surface area contributed by atoms with Crippen LogP contribution < -0.4 is 4.74 Å². The van der Waals surface area contributed by atoms with Gasteiger partial charge in [0.1, 0.15) is 5.75 Å². The molecule has 2 rings (SSSR count). The van der Waals surface area contributed by atoms with Crippen molar-refractivity contribution in [3.63, 3.8) is 0 Å². The van der Waals surface area contributed by atoms with E-state index in [0.717, 1.165) is 6.42 Å². The van der Waals surface area contributed by atoms with Crippen LogP contribution in [-0.2, 0) is 6.42 Å². The van der Waals surface area contributed by atoms with Crippen LogP contribution in [0.15, 0.2) is 27.8 Å². The molecule has 0 amide bonds. The van der Waals surface area contributed by atoms with E-state index in [-0.39, 0.29) is 0 Å². The van der Waals surface area contributed by atoms with E-state index in [1.54, 1.807) is 18.2 Å². The Morgan fingerprint density at radius 2 is 2.19 bits per heavy atom. The maximum atomic E-state index is 6.01. The molecule has 0 fully saturated rings. The van der Waals surface area contributed by atoms with Crippen molar-refractivity contribution in [3.05, 3.63) is 34.1 Å². The fraction of sp³-hybridized carbons (Fsp3) is 0.286. The first-order chi connectivity index (χ1) is 10.2. The highest BCUT2D eigenvalue weighted by atomic mass is 35.5. The van der Waals surface area contributed by atoms with Gasteiger partial charge in [-0.2, -0.15) is 0 Å². The number of thioether (sulfide) groups is 1. The van der Waals surface area contributed by atoms with E-state index >= 15 is 0 Å². The Morgan fingerprint density at radius 3 is 2.95 bits per heavy atom. The molecule has 0 bridgehead atoms. The predicted octanol–water partition coefficient (Wildman–Crippen LogP) is 4.11. The molecule has 1 aromatic carbocycles. The summed E-state index contributed by atoms with van der Waals surface area (Å²) in [5, 5.41) is 9.39. The lowest BCUT2D eigenvalue weighted by Crippen LogP contribution is -2.00. The monoisotopic (exact) mass is 342 g/mol. The Labute approximate surface area is 137 Å². The number of rotatable bonds is 7. The molecule has 2 aromatic rings. The number of halogens is 2. The van der Waals surface area contributed by atoms with Crippen molar-refractivity contribution >= 4 is 35.0 Å². The topological polar surface area (TPSA) is 48.2 Å². The van der Waals surface area contributed by atoms with Gasteiger partial charge >= 0.3 is 0 Å². The van der Waals surface area contributed by atoms with Crippen LogP contribution in [0.5, 0.6) is 5.75 Å². The second-order valence-corrected chi connectivity index (χ2v) is 5.75. The fourth-order valence-electron chi connectivity index (χ4n) is 1.50.